The van der Waals surface area contributed by atoms with Gasteiger partial charge in [0.05, 0.1) is 12.8 Å². The number of rotatable bonds is 6. The summed E-state index contributed by atoms with van der Waals surface area (Å²) in [5, 5.41) is -7.11. The molecule has 0 atom stereocenters. The zero-order valence-electron chi connectivity index (χ0n) is 16.9. The van der Waals surface area contributed by atoms with Gasteiger partial charge in [0.15, 0.2) is 21.7 Å². The molecule has 16 heteroatoms. The molecule has 1 heterocycles. The van der Waals surface area contributed by atoms with Crippen LogP contribution in [-0.2, 0) is 30.6 Å². The minimum absolute atomic E-state index is 0.233. The van der Waals surface area contributed by atoms with E-state index in [0.29, 0.717) is 17.5 Å². The van der Waals surface area contributed by atoms with Crippen molar-refractivity contribution in [3.63, 3.8) is 0 Å². The number of hydrogen-bond acceptors (Lipinski definition) is 5. The van der Waals surface area contributed by atoms with Gasteiger partial charge in [0.2, 0.25) is 0 Å². The van der Waals surface area contributed by atoms with Gasteiger partial charge in [0.25, 0.3) is 0 Å². The van der Waals surface area contributed by atoms with Gasteiger partial charge in [-0.3, -0.25) is 9.59 Å². The monoisotopic (exact) mass is 540 g/mol. The van der Waals surface area contributed by atoms with Crippen molar-refractivity contribution in [3.05, 3.63) is 0 Å². The zero-order valence-corrected chi connectivity index (χ0v) is 18.5. The molecule has 194 valence electrons. The van der Waals surface area contributed by atoms with E-state index in [2.05, 4.69) is 0 Å². The first-order valence-corrected chi connectivity index (χ1v) is 12.7. The topological polar surface area (TPSA) is 91.3 Å². The first-order chi connectivity index (χ1) is 14.8. The molecular formula is C17H21F9O5S2. The van der Waals surface area contributed by atoms with E-state index >= 15 is 0 Å². The average Bonchev–Trinajstić information content (AvgIpc) is 2.69. The summed E-state index contributed by atoms with van der Waals surface area (Å²) in [4.78, 5) is 23.2. The normalized spacial score (nSPS) is 20.2. The van der Waals surface area contributed by atoms with E-state index in [9.17, 15) is 62.1 Å². The van der Waals surface area contributed by atoms with Gasteiger partial charge in [-0.1, -0.05) is 19.3 Å². The third kappa shape index (κ3) is 6.99. The highest BCUT2D eigenvalue weighted by Gasteiger charge is 2.83. The van der Waals surface area contributed by atoms with Crippen LogP contribution < -0.4 is 0 Å². The molecule has 0 amide bonds. The van der Waals surface area contributed by atoms with Crippen molar-refractivity contribution in [2.24, 2.45) is 5.92 Å². The third-order valence-electron chi connectivity index (χ3n) is 5.18. The molecule has 2 fully saturated rings. The maximum atomic E-state index is 12.2. The standard InChI is InChI=1S/C13H21O2S.C4HF9O3S/c14-12-6-8-16(9-7-12)10-13(15)11-4-2-1-3-5-11;5-1(6,3(9,10)11)2(7,8)4(12,13)17(14,15)16/h11H,1-10H2;(H,14,15,16)/q+1;/p-1. The van der Waals surface area contributed by atoms with Gasteiger partial charge in [-0.2, -0.15) is 39.5 Å². The number of carbonyl (C=O) groups is 2. The molecule has 1 aliphatic carbocycles. The maximum Gasteiger partial charge on any atom is 0.460 e. The van der Waals surface area contributed by atoms with Crippen LogP contribution in [0.25, 0.3) is 0 Å². The Labute approximate surface area is 186 Å². The molecule has 2 aliphatic rings. The van der Waals surface area contributed by atoms with Crippen molar-refractivity contribution < 1.29 is 62.1 Å². The van der Waals surface area contributed by atoms with E-state index in [-0.39, 0.29) is 10.9 Å². The summed E-state index contributed by atoms with van der Waals surface area (Å²) in [5.41, 5.74) is 0. The van der Waals surface area contributed by atoms with Gasteiger partial charge < -0.3 is 4.55 Å². The molecule has 33 heavy (non-hydrogen) atoms. The van der Waals surface area contributed by atoms with Crippen LogP contribution in [0, 0.1) is 5.92 Å². The molecule has 1 saturated carbocycles. The molecule has 0 unspecified atom stereocenters. The number of ketones is 2. The second kappa shape index (κ2) is 10.7. The van der Waals surface area contributed by atoms with Crippen LogP contribution in [0.4, 0.5) is 39.5 Å². The van der Waals surface area contributed by atoms with Crippen molar-refractivity contribution in [3.8, 4) is 0 Å². The molecule has 0 bridgehead atoms. The minimum Gasteiger partial charge on any atom is -0.743 e. The zero-order chi connectivity index (χ0) is 25.9. The molecule has 0 aromatic heterocycles. The fourth-order valence-corrected chi connectivity index (χ4v) is 5.75. The molecule has 0 aromatic rings. The second-order valence-electron chi connectivity index (χ2n) is 7.62. The van der Waals surface area contributed by atoms with Crippen LogP contribution in [0.15, 0.2) is 0 Å². The molecule has 2 rings (SSSR count). The number of alkyl halides is 9. The van der Waals surface area contributed by atoms with Crippen LogP contribution in [0.5, 0.6) is 0 Å². The Balaban J connectivity index is 0.000000330. The van der Waals surface area contributed by atoms with E-state index in [0.717, 1.165) is 42.9 Å². The summed E-state index contributed by atoms with van der Waals surface area (Å²) < 4.78 is 135. The Morgan fingerprint density at radius 2 is 1.33 bits per heavy atom. The second-order valence-corrected chi connectivity index (χ2v) is 11.4. The first-order valence-electron chi connectivity index (χ1n) is 9.60. The molecule has 0 aromatic carbocycles. The van der Waals surface area contributed by atoms with Crippen LogP contribution in [0.3, 0.4) is 0 Å². The van der Waals surface area contributed by atoms with Crippen LogP contribution in [0.1, 0.15) is 44.9 Å². The van der Waals surface area contributed by atoms with E-state index in [1.165, 1.54) is 19.3 Å². The summed E-state index contributed by atoms with van der Waals surface area (Å²) in [7, 11) is -7.18. The quantitative estimate of drug-likeness (QED) is 0.288. The van der Waals surface area contributed by atoms with Crippen LogP contribution in [-0.4, -0.2) is 65.1 Å². The smallest absolute Gasteiger partial charge is 0.460 e. The van der Waals surface area contributed by atoms with E-state index in [1.807, 2.05) is 0 Å². The third-order valence-corrected chi connectivity index (χ3v) is 8.32. The van der Waals surface area contributed by atoms with Crippen molar-refractivity contribution in [2.75, 3.05) is 17.3 Å². The van der Waals surface area contributed by atoms with E-state index in [4.69, 9.17) is 0 Å². The number of halogens is 9. The average molecular weight is 540 g/mol. The number of carbonyl (C=O) groups excluding carboxylic acids is 2. The summed E-state index contributed by atoms with van der Waals surface area (Å²) in [6, 6.07) is 0. The number of hydrogen-bond donors (Lipinski definition) is 0. The fraction of sp³-hybridized carbons (Fsp3) is 0.882. The molecule has 0 radical (unpaired) electrons. The molecular weight excluding hydrogens is 519 g/mol. The summed E-state index contributed by atoms with van der Waals surface area (Å²) >= 11 is 0. The first kappa shape index (κ1) is 30.0. The molecule has 0 spiro atoms. The molecule has 0 N–H and O–H groups in total. The Bertz CT molecular complexity index is 796. The SMILES string of the molecule is O=C1CC[S+](CC(=O)C2CCCCC2)CC1.O=S(=O)([O-])C(F)(F)C(F)(F)C(F)(F)C(F)(F)F. The lowest BCUT2D eigenvalue weighted by Gasteiger charge is -2.34. The summed E-state index contributed by atoms with van der Waals surface area (Å²) in [6.07, 6.45) is 0.312. The lowest BCUT2D eigenvalue weighted by molar-refractivity contribution is -0.382. The number of Topliss-reactive ketones (excluding diaryl/α,β-unsaturated/α-hetero) is 2. The van der Waals surface area contributed by atoms with Gasteiger partial charge in [-0.05, 0) is 23.7 Å². The van der Waals surface area contributed by atoms with Crippen LogP contribution in [0.2, 0.25) is 0 Å². The predicted molar refractivity (Wildman–Crippen MR) is 98.4 cm³/mol. The lowest BCUT2D eigenvalue weighted by atomic mass is 9.87. The van der Waals surface area contributed by atoms with Crippen molar-refractivity contribution >= 4 is 32.6 Å². The molecule has 5 nitrogen and oxygen atoms in total. The molecule has 1 aliphatic heterocycles. The molecule has 1 saturated heterocycles. The van der Waals surface area contributed by atoms with Gasteiger partial charge in [-0.15, -0.1) is 0 Å². The summed E-state index contributed by atoms with van der Waals surface area (Å²) in [5.74, 6) is -10.8. The van der Waals surface area contributed by atoms with E-state index < -0.39 is 33.4 Å². The highest BCUT2D eigenvalue weighted by molar-refractivity contribution is 7.97. The van der Waals surface area contributed by atoms with Gasteiger partial charge >= 0.3 is 23.3 Å². The van der Waals surface area contributed by atoms with Gasteiger partial charge in [0, 0.05) is 5.92 Å². The Kier molecular flexibility index (Phi) is 9.73. The highest BCUT2D eigenvalue weighted by atomic mass is 32.2. The van der Waals surface area contributed by atoms with Gasteiger partial charge in [0.1, 0.15) is 17.3 Å². The highest BCUT2D eigenvalue weighted by Crippen LogP contribution is 2.54. The maximum absolute atomic E-state index is 12.2. The largest absolute Gasteiger partial charge is 0.743 e. The Morgan fingerprint density at radius 1 is 0.879 bits per heavy atom. The van der Waals surface area contributed by atoms with Crippen LogP contribution >= 0.6 is 0 Å². The van der Waals surface area contributed by atoms with Crippen molar-refractivity contribution in [2.45, 2.75) is 68.2 Å². The van der Waals surface area contributed by atoms with Crippen molar-refractivity contribution in [1.29, 1.82) is 0 Å². The fourth-order valence-electron chi connectivity index (χ4n) is 3.15. The summed E-state index contributed by atoms with van der Waals surface area (Å²) in [6.45, 7) is 0. The minimum atomic E-state index is -7.43. The predicted octanol–water partition coefficient (Wildman–Crippen LogP) is 4.07. The van der Waals surface area contributed by atoms with E-state index in [1.54, 1.807) is 0 Å². The Hall–Kier alpha value is -1.03. The lowest BCUT2D eigenvalue weighted by Crippen LogP contribution is -2.63. The van der Waals surface area contributed by atoms with Gasteiger partial charge in [-0.25, -0.2) is 8.42 Å². The Morgan fingerprint density at radius 3 is 1.73 bits per heavy atom. The van der Waals surface area contributed by atoms with Crippen molar-refractivity contribution in [1.82, 2.24) is 0 Å².